The summed E-state index contributed by atoms with van der Waals surface area (Å²) in [6.45, 7) is 5.92. The topological polar surface area (TPSA) is 95.9 Å². The van der Waals surface area contributed by atoms with Crippen LogP contribution in [0.1, 0.15) is 49.5 Å². The lowest BCUT2D eigenvalue weighted by Gasteiger charge is -2.29. The molecule has 6 nitrogen and oxygen atoms in total. The van der Waals surface area contributed by atoms with Crippen LogP contribution in [0.15, 0.2) is 36.1 Å². The van der Waals surface area contributed by atoms with Crippen molar-refractivity contribution in [2.75, 3.05) is 12.4 Å². The van der Waals surface area contributed by atoms with Gasteiger partial charge in [0, 0.05) is 11.8 Å². The molecule has 1 aromatic carbocycles. The van der Waals surface area contributed by atoms with Crippen LogP contribution in [0.3, 0.4) is 0 Å². The molecule has 0 saturated heterocycles. The first kappa shape index (κ1) is 21.9. The molecule has 0 aromatic heterocycles. The Bertz CT molecular complexity index is 802. The standard InChI is InChI=1S/C21H27NO5S/c1-4-6-17-18(8-7-16(14(2)23)19(17)24)27-11-5-12-28-21(3)10-9-15(13-22-21)20(25)26/h7-10,13,22,24H,4-6,11-12H2,1-3H3,(H,25,26). The van der Waals surface area contributed by atoms with Gasteiger partial charge in [0.2, 0.25) is 0 Å². The van der Waals surface area contributed by atoms with Crippen molar-refractivity contribution in [2.24, 2.45) is 0 Å². The van der Waals surface area contributed by atoms with E-state index in [-0.39, 0.29) is 22.0 Å². The average Bonchev–Trinajstić information content (AvgIpc) is 2.64. The van der Waals surface area contributed by atoms with Gasteiger partial charge < -0.3 is 20.3 Å². The van der Waals surface area contributed by atoms with Crippen LogP contribution in [-0.2, 0) is 11.2 Å². The Labute approximate surface area is 169 Å². The van der Waals surface area contributed by atoms with Gasteiger partial charge in [-0.25, -0.2) is 4.79 Å². The van der Waals surface area contributed by atoms with Crippen LogP contribution in [0, 0.1) is 0 Å². The van der Waals surface area contributed by atoms with Gasteiger partial charge in [0.15, 0.2) is 5.78 Å². The van der Waals surface area contributed by atoms with E-state index in [0.717, 1.165) is 18.6 Å². The van der Waals surface area contributed by atoms with Crippen molar-refractivity contribution in [3.8, 4) is 11.5 Å². The first-order valence-corrected chi connectivity index (χ1v) is 10.3. The Balaban J connectivity index is 1.87. The minimum absolute atomic E-state index is 0.0197. The quantitative estimate of drug-likeness (QED) is 0.401. The Kier molecular flexibility index (Phi) is 7.57. The van der Waals surface area contributed by atoms with Crippen LogP contribution in [0.2, 0.25) is 0 Å². The van der Waals surface area contributed by atoms with Crippen molar-refractivity contribution in [1.29, 1.82) is 0 Å². The number of benzene rings is 1. The van der Waals surface area contributed by atoms with E-state index < -0.39 is 5.97 Å². The van der Waals surface area contributed by atoms with E-state index in [1.165, 1.54) is 13.1 Å². The molecule has 1 heterocycles. The number of aromatic hydroxyl groups is 1. The number of hydrogen-bond acceptors (Lipinski definition) is 6. The van der Waals surface area contributed by atoms with Gasteiger partial charge in [-0.15, -0.1) is 11.8 Å². The fourth-order valence-corrected chi connectivity index (χ4v) is 3.84. The number of phenols is 1. The normalized spacial score (nSPS) is 18.3. The SMILES string of the molecule is CCCc1c(OCCCSC2(C)C=CC(C(=O)O)=CN2)ccc(C(C)=O)c1O. The molecule has 1 aliphatic heterocycles. The summed E-state index contributed by atoms with van der Waals surface area (Å²) < 4.78 is 5.86. The molecule has 7 heteroatoms. The lowest BCUT2D eigenvalue weighted by molar-refractivity contribution is -0.132. The average molecular weight is 406 g/mol. The highest BCUT2D eigenvalue weighted by Crippen LogP contribution is 2.33. The van der Waals surface area contributed by atoms with E-state index in [9.17, 15) is 14.7 Å². The number of aliphatic carboxylic acids is 1. The molecule has 2 rings (SSSR count). The van der Waals surface area contributed by atoms with E-state index in [0.29, 0.717) is 29.9 Å². The van der Waals surface area contributed by atoms with Gasteiger partial charge in [0.25, 0.3) is 0 Å². The highest BCUT2D eigenvalue weighted by molar-refractivity contribution is 8.00. The summed E-state index contributed by atoms with van der Waals surface area (Å²) in [5, 5.41) is 22.5. The molecule has 0 saturated carbocycles. The summed E-state index contributed by atoms with van der Waals surface area (Å²) in [4.78, 5) is 22.2. The summed E-state index contributed by atoms with van der Waals surface area (Å²) in [5.41, 5.74) is 1.24. The summed E-state index contributed by atoms with van der Waals surface area (Å²) in [7, 11) is 0. The summed E-state index contributed by atoms with van der Waals surface area (Å²) in [6, 6.07) is 3.35. The molecule has 152 valence electrons. The molecule has 28 heavy (non-hydrogen) atoms. The van der Waals surface area contributed by atoms with Gasteiger partial charge in [-0.3, -0.25) is 4.79 Å². The zero-order valence-corrected chi connectivity index (χ0v) is 17.3. The van der Waals surface area contributed by atoms with Crippen molar-refractivity contribution in [3.05, 3.63) is 47.2 Å². The molecule has 0 fully saturated rings. The third kappa shape index (κ3) is 5.55. The van der Waals surface area contributed by atoms with Crippen molar-refractivity contribution in [2.45, 2.75) is 44.9 Å². The van der Waals surface area contributed by atoms with Crippen molar-refractivity contribution in [3.63, 3.8) is 0 Å². The Morgan fingerprint density at radius 3 is 2.64 bits per heavy atom. The number of ketones is 1. The molecule has 1 aromatic rings. The summed E-state index contributed by atoms with van der Waals surface area (Å²) in [5.74, 6) is 0.326. The van der Waals surface area contributed by atoms with E-state index in [4.69, 9.17) is 9.84 Å². The van der Waals surface area contributed by atoms with Crippen molar-refractivity contribution >= 4 is 23.5 Å². The maximum absolute atomic E-state index is 11.6. The molecule has 0 amide bonds. The number of nitrogens with one attached hydrogen (secondary N) is 1. The molecule has 0 bridgehead atoms. The van der Waals surface area contributed by atoms with E-state index in [2.05, 4.69) is 5.32 Å². The van der Waals surface area contributed by atoms with Gasteiger partial charge >= 0.3 is 5.97 Å². The van der Waals surface area contributed by atoms with E-state index in [1.54, 1.807) is 30.0 Å². The maximum Gasteiger partial charge on any atom is 0.337 e. The van der Waals surface area contributed by atoms with Gasteiger partial charge in [0.05, 0.1) is 22.6 Å². The lowest BCUT2D eigenvalue weighted by atomic mass is 10.0. The largest absolute Gasteiger partial charge is 0.507 e. The molecular weight excluding hydrogens is 378 g/mol. The second-order valence-electron chi connectivity index (χ2n) is 6.78. The van der Waals surface area contributed by atoms with Crippen LogP contribution in [0.25, 0.3) is 0 Å². The number of carboxylic acids is 1. The molecule has 0 spiro atoms. The number of carbonyl (C=O) groups is 2. The number of hydrogen-bond donors (Lipinski definition) is 3. The number of dihydropyridines is 1. The molecule has 0 aliphatic carbocycles. The van der Waals surface area contributed by atoms with Crippen LogP contribution in [0.5, 0.6) is 11.5 Å². The summed E-state index contributed by atoms with van der Waals surface area (Å²) >= 11 is 1.66. The number of carboxylic acid groups (broad SMARTS) is 1. The predicted molar refractivity (Wildman–Crippen MR) is 111 cm³/mol. The number of carbonyl (C=O) groups excluding carboxylic acids is 1. The second-order valence-corrected chi connectivity index (χ2v) is 8.33. The monoisotopic (exact) mass is 405 g/mol. The van der Waals surface area contributed by atoms with Crippen molar-refractivity contribution in [1.82, 2.24) is 5.32 Å². The van der Waals surface area contributed by atoms with Crippen LogP contribution >= 0.6 is 11.8 Å². The van der Waals surface area contributed by atoms with Gasteiger partial charge in [-0.2, -0.15) is 0 Å². The van der Waals surface area contributed by atoms with Crippen LogP contribution in [0.4, 0.5) is 0 Å². The third-order valence-corrected chi connectivity index (χ3v) is 5.76. The van der Waals surface area contributed by atoms with Gasteiger partial charge in [0.1, 0.15) is 11.5 Å². The number of ether oxygens (including phenoxy) is 1. The number of phenolic OH excluding ortho intramolecular Hbond substituents is 1. The highest BCUT2D eigenvalue weighted by atomic mass is 32.2. The molecule has 0 radical (unpaired) electrons. The lowest BCUT2D eigenvalue weighted by Crippen LogP contribution is -2.36. The second kappa shape index (κ2) is 9.68. The van der Waals surface area contributed by atoms with Crippen LogP contribution < -0.4 is 10.1 Å². The fourth-order valence-electron chi connectivity index (χ4n) is 2.84. The van der Waals surface area contributed by atoms with Crippen LogP contribution in [-0.4, -0.2) is 39.2 Å². The first-order chi connectivity index (χ1) is 13.3. The zero-order chi connectivity index (χ0) is 20.7. The maximum atomic E-state index is 11.6. The van der Waals surface area contributed by atoms with Gasteiger partial charge in [-0.05, 0) is 56.7 Å². The fraction of sp³-hybridized carbons (Fsp3) is 0.429. The first-order valence-electron chi connectivity index (χ1n) is 9.30. The Morgan fingerprint density at radius 1 is 1.32 bits per heavy atom. The third-order valence-electron chi connectivity index (χ3n) is 4.41. The smallest absolute Gasteiger partial charge is 0.337 e. The van der Waals surface area contributed by atoms with E-state index in [1.807, 2.05) is 19.9 Å². The highest BCUT2D eigenvalue weighted by Gasteiger charge is 2.23. The molecule has 3 N–H and O–H groups in total. The number of rotatable bonds is 10. The number of thioether (sulfide) groups is 1. The van der Waals surface area contributed by atoms with E-state index >= 15 is 0 Å². The predicted octanol–water partition coefficient (Wildman–Crippen LogP) is 3.89. The van der Waals surface area contributed by atoms with Crippen molar-refractivity contribution < 1.29 is 24.5 Å². The minimum atomic E-state index is -0.953. The molecular formula is C21H27NO5S. The van der Waals surface area contributed by atoms with Gasteiger partial charge in [-0.1, -0.05) is 13.3 Å². The Hall–Kier alpha value is -2.41. The Morgan fingerprint density at radius 2 is 2.07 bits per heavy atom. The molecule has 1 aliphatic rings. The molecule has 1 atom stereocenters. The molecule has 1 unspecified atom stereocenters. The summed E-state index contributed by atoms with van der Waals surface area (Å²) in [6.07, 6.45) is 7.23. The number of Topliss-reactive ketones (excluding diaryl/α,β-unsaturated/α-hetero) is 1. The minimum Gasteiger partial charge on any atom is -0.507 e. The zero-order valence-electron chi connectivity index (χ0n) is 16.4.